The van der Waals surface area contributed by atoms with Gasteiger partial charge in [0.25, 0.3) is 0 Å². The van der Waals surface area contributed by atoms with Crippen LogP contribution in [0.2, 0.25) is 0 Å². The van der Waals surface area contributed by atoms with E-state index in [0.717, 1.165) is 18.5 Å². The Morgan fingerprint density at radius 2 is 1.62 bits per heavy atom. The Balaban J connectivity index is 2.63. The molecule has 0 radical (unpaired) electrons. The van der Waals surface area contributed by atoms with Crippen LogP contribution in [0.4, 0.5) is 13.2 Å². The van der Waals surface area contributed by atoms with E-state index >= 15 is 0 Å². The molecule has 1 N–H and O–H groups in total. The summed E-state index contributed by atoms with van der Waals surface area (Å²) in [6.45, 7) is 9.42. The molecule has 0 heterocycles. The molecular weight excluding hydrogens is 279 g/mol. The molecule has 1 aromatic rings. The average Bonchev–Trinajstić information content (AvgIpc) is 2.34. The van der Waals surface area contributed by atoms with Crippen molar-refractivity contribution in [2.45, 2.75) is 46.5 Å². The van der Waals surface area contributed by atoms with Gasteiger partial charge in [0.2, 0.25) is 0 Å². The number of hydrogen-bond donors (Lipinski definition) is 1. The summed E-state index contributed by atoms with van der Waals surface area (Å²) >= 11 is 0. The van der Waals surface area contributed by atoms with Crippen molar-refractivity contribution >= 4 is 0 Å². The number of hydrogen-bond acceptors (Lipinski definition) is 2. The van der Waals surface area contributed by atoms with E-state index in [1.165, 1.54) is 12.1 Å². The van der Waals surface area contributed by atoms with Crippen LogP contribution in [0.15, 0.2) is 24.3 Å². The van der Waals surface area contributed by atoms with Crippen LogP contribution in [0.25, 0.3) is 0 Å². The third-order valence-electron chi connectivity index (χ3n) is 3.39. The summed E-state index contributed by atoms with van der Waals surface area (Å²) in [6.07, 6.45) is -3.80. The van der Waals surface area contributed by atoms with Gasteiger partial charge in [-0.25, -0.2) is 0 Å². The quantitative estimate of drug-likeness (QED) is 0.806. The average molecular weight is 303 g/mol. The minimum Gasteiger partial charge on any atom is -0.406 e. The van der Waals surface area contributed by atoms with E-state index in [1.807, 2.05) is 0 Å². The number of rotatable bonds is 7. The van der Waals surface area contributed by atoms with Crippen molar-refractivity contribution in [1.29, 1.82) is 0 Å². The molecule has 0 amide bonds. The van der Waals surface area contributed by atoms with Crippen molar-refractivity contribution in [3.05, 3.63) is 29.8 Å². The highest BCUT2D eigenvalue weighted by atomic mass is 19.4. The minimum atomic E-state index is -4.64. The van der Waals surface area contributed by atoms with Gasteiger partial charge in [0.05, 0.1) is 0 Å². The first-order valence-corrected chi connectivity index (χ1v) is 7.25. The zero-order valence-corrected chi connectivity index (χ0v) is 13.0. The fourth-order valence-electron chi connectivity index (χ4n) is 2.06. The van der Waals surface area contributed by atoms with Gasteiger partial charge < -0.3 is 10.1 Å². The third-order valence-corrected chi connectivity index (χ3v) is 3.39. The van der Waals surface area contributed by atoms with Gasteiger partial charge in [-0.1, -0.05) is 39.8 Å². The Morgan fingerprint density at radius 1 is 1.05 bits per heavy atom. The smallest absolute Gasteiger partial charge is 0.406 e. The van der Waals surface area contributed by atoms with E-state index in [9.17, 15) is 13.2 Å². The second kappa shape index (κ2) is 7.69. The summed E-state index contributed by atoms with van der Waals surface area (Å²) in [5, 5.41) is 3.42. The molecule has 0 fully saturated rings. The van der Waals surface area contributed by atoms with Crippen molar-refractivity contribution in [2.75, 3.05) is 6.54 Å². The van der Waals surface area contributed by atoms with Crippen molar-refractivity contribution in [2.24, 2.45) is 11.8 Å². The van der Waals surface area contributed by atoms with Crippen LogP contribution in [-0.4, -0.2) is 18.9 Å². The number of alkyl halides is 3. The highest BCUT2D eigenvalue weighted by Gasteiger charge is 2.31. The molecule has 0 bridgehead atoms. The molecule has 0 aromatic heterocycles. The van der Waals surface area contributed by atoms with Crippen molar-refractivity contribution in [1.82, 2.24) is 5.32 Å². The molecule has 0 saturated heterocycles. The number of benzene rings is 1. The predicted octanol–water partition coefficient (Wildman–Crippen LogP) is 4.40. The first-order chi connectivity index (χ1) is 9.67. The van der Waals surface area contributed by atoms with Crippen molar-refractivity contribution in [3.8, 4) is 5.75 Å². The van der Waals surface area contributed by atoms with E-state index in [4.69, 9.17) is 0 Å². The fourth-order valence-corrected chi connectivity index (χ4v) is 2.06. The first kappa shape index (κ1) is 17.8. The molecule has 120 valence electrons. The van der Waals surface area contributed by atoms with Crippen LogP contribution in [-0.2, 0) is 6.42 Å². The Kier molecular flexibility index (Phi) is 6.52. The number of nitrogens with one attached hydrogen (secondary N) is 1. The van der Waals surface area contributed by atoms with Crippen LogP contribution in [0, 0.1) is 11.8 Å². The van der Waals surface area contributed by atoms with Gasteiger partial charge in [0.15, 0.2) is 0 Å². The standard InChI is InChI=1S/C16H24F3NO/c1-11(2)14(10-20-12(3)4)9-13-5-7-15(8-6-13)21-16(17,18)19/h5-8,11-12,14,20H,9-10H2,1-4H3. The molecule has 0 aliphatic heterocycles. The van der Waals surface area contributed by atoms with Gasteiger partial charge in [0, 0.05) is 6.04 Å². The molecule has 0 saturated carbocycles. The summed E-state index contributed by atoms with van der Waals surface area (Å²) in [5.41, 5.74) is 1.02. The van der Waals surface area contributed by atoms with Gasteiger partial charge in [-0.2, -0.15) is 0 Å². The summed E-state index contributed by atoms with van der Waals surface area (Å²) in [7, 11) is 0. The topological polar surface area (TPSA) is 21.3 Å². The van der Waals surface area contributed by atoms with E-state index in [2.05, 4.69) is 37.7 Å². The molecule has 2 nitrogen and oxygen atoms in total. The zero-order chi connectivity index (χ0) is 16.0. The lowest BCUT2D eigenvalue weighted by atomic mass is 9.89. The molecule has 1 rings (SSSR count). The molecular formula is C16H24F3NO. The molecule has 5 heteroatoms. The molecule has 0 aliphatic carbocycles. The second-order valence-electron chi connectivity index (χ2n) is 5.96. The highest BCUT2D eigenvalue weighted by Crippen LogP contribution is 2.24. The summed E-state index contributed by atoms with van der Waals surface area (Å²) in [4.78, 5) is 0. The molecule has 1 unspecified atom stereocenters. The van der Waals surface area contributed by atoms with Crippen molar-refractivity contribution < 1.29 is 17.9 Å². The summed E-state index contributed by atoms with van der Waals surface area (Å²) < 4.78 is 40.2. The normalized spacial score (nSPS) is 13.8. The minimum absolute atomic E-state index is 0.173. The highest BCUT2D eigenvalue weighted by molar-refractivity contribution is 5.27. The van der Waals surface area contributed by atoms with Crippen molar-refractivity contribution in [3.63, 3.8) is 0 Å². The van der Waals surface area contributed by atoms with Crippen LogP contribution in [0.1, 0.15) is 33.3 Å². The lowest BCUT2D eigenvalue weighted by molar-refractivity contribution is -0.274. The third kappa shape index (κ3) is 7.37. The van der Waals surface area contributed by atoms with Crippen LogP contribution < -0.4 is 10.1 Å². The SMILES string of the molecule is CC(C)NCC(Cc1ccc(OC(F)(F)F)cc1)C(C)C. The van der Waals surface area contributed by atoms with E-state index < -0.39 is 6.36 Å². The maximum atomic E-state index is 12.1. The Morgan fingerprint density at radius 3 is 2.05 bits per heavy atom. The van der Waals surface area contributed by atoms with Gasteiger partial charge in [-0.15, -0.1) is 13.2 Å². The zero-order valence-electron chi connectivity index (χ0n) is 13.0. The fraction of sp³-hybridized carbons (Fsp3) is 0.625. The van der Waals surface area contributed by atoms with E-state index in [1.54, 1.807) is 12.1 Å². The summed E-state index contributed by atoms with van der Waals surface area (Å²) in [5.74, 6) is 0.775. The molecule has 21 heavy (non-hydrogen) atoms. The van der Waals surface area contributed by atoms with E-state index in [-0.39, 0.29) is 5.75 Å². The number of halogens is 3. The van der Waals surface area contributed by atoms with Gasteiger partial charge in [-0.3, -0.25) is 0 Å². The summed E-state index contributed by atoms with van der Waals surface area (Å²) in [6, 6.07) is 6.57. The van der Waals surface area contributed by atoms with Gasteiger partial charge >= 0.3 is 6.36 Å². The monoisotopic (exact) mass is 303 g/mol. The number of ether oxygens (including phenoxy) is 1. The predicted molar refractivity (Wildman–Crippen MR) is 78.3 cm³/mol. The van der Waals surface area contributed by atoms with Gasteiger partial charge in [0.1, 0.15) is 5.75 Å². The van der Waals surface area contributed by atoms with E-state index in [0.29, 0.717) is 17.9 Å². The second-order valence-corrected chi connectivity index (χ2v) is 5.96. The Hall–Kier alpha value is -1.23. The largest absolute Gasteiger partial charge is 0.573 e. The maximum absolute atomic E-state index is 12.1. The van der Waals surface area contributed by atoms with Crippen LogP contribution in [0.5, 0.6) is 5.75 Å². The van der Waals surface area contributed by atoms with Crippen LogP contribution >= 0.6 is 0 Å². The first-order valence-electron chi connectivity index (χ1n) is 7.25. The molecule has 0 aliphatic rings. The maximum Gasteiger partial charge on any atom is 0.573 e. The molecule has 1 aromatic carbocycles. The Labute approximate surface area is 124 Å². The van der Waals surface area contributed by atoms with Gasteiger partial charge in [-0.05, 0) is 42.5 Å². The molecule has 1 atom stereocenters. The Bertz CT molecular complexity index is 413. The van der Waals surface area contributed by atoms with Crippen LogP contribution in [0.3, 0.4) is 0 Å². The molecule has 0 spiro atoms. The lowest BCUT2D eigenvalue weighted by Gasteiger charge is -2.23. The lowest BCUT2D eigenvalue weighted by Crippen LogP contribution is -2.32.